The Kier molecular flexibility index (Phi) is 4.74. The minimum absolute atomic E-state index is 0.00367. The Morgan fingerprint density at radius 1 is 1.19 bits per heavy atom. The fourth-order valence-electron chi connectivity index (χ4n) is 4.70. The van der Waals surface area contributed by atoms with E-state index in [-0.39, 0.29) is 17.2 Å². The molecule has 140 valence electrons. The molecule has 1 saturated carbocycles. The van der Waals surface area contributed by atoms with Crippen molar-refractivity contribution in [2.75, 3.05) is 33.2 Å². The number of nitrogens with zero attached hydrogens (tertiary/aromatic N) is 2. The van der Waals surface area contributed by atoms with E-state index in [1.54, 1.807) is 7.05 Å². The van der Waals surface area contributed by atoms with Crippen LogP contribution in [-0.2, 0) is 9.59 Å². The van der Waals surface area contributed by atoms with Crippen LogP contribution in [0.25, 0.3) is 0 Å². The number of benzene rings is 1. The van der Waals surface area contributed by atoms with Crippen molar-refractivity contribution >= 4 is 11.8 Å². The summed E-state index contributed by atoms with van der Waals surface area (Å²) in [6.45, 7) is 3.29. The molecule has 2 amide bonds. The van der Waals surface area contributed by atoms with E-state index in [4.69, 9.17) is 0 Å². The summed E-state index contributed by atoms with van der Waals surface area (Å²) in [6, 6.07) is 10.8. The van der Waals surface area contributed by atoms with Crippen molar-refractivity contribution in [1.82, 2.24) is 15.1 Å². The molecule has 2 heterocycles. The molecule has 3 aliphatic rings. The Morgan fingerprint density at radius 3 is 2.50 bits per heavy atom. The molecular weight excluding hydrogens is 326 g/mol. The van der Waals surface area contributed by atoms with Gasteiger partial charge in [-0.2, -0.15) is 0 Å². The maximum atomic E-state index is 13.1. The van der Waals surface area contributed by atoms with Gasteiger partial charge in [0.15, 0.2) is 0 Å². The van der Waals surface area contributed by atoms with Gasteiger partial charge in [0.2, 0.25) is 11.8 Å². The van der Waals surface area contributed by atoms with Gasteiger partial charge >= 0.3 is 0 Å². The number of carbonyl (C=O) groups is 2. The van der Waals surface area contributed by atoms with Crippen LogP contribution in [0, 0.1) is 5.41 Å². The van der Waals surface area contributed by atoms with Crippen LogP contribution >= 0.6 is 0 Å². The van der Waals surface area contributed by atoms with Crippen LogP contribution in [-0.4, -0.2) is 60.9 Å². The second kappa shape index (κ2) is 7.03. The average molecular weight is 355 g/mol. The molecule has 1 unspecified atom stereocenters. The van der Waals surface area contributed by atoms with E-state index in [0.29, 0.717) is 18.5 Å². The van der Waals surface area contributed by atoms with E-state index in [9.17, 15) is 9.59 Å². The van der Waals surface area contributed by atoms with Crippen LogP contribution in [0.3, 0.4) is 0 Å². The summed E-state index contributed by atoms with van der Waals surface area (Å²) in [5.74, 6) is 0.412. The molecule has 1 spiro atoms. The van der Waals surface area contributed by atoms with Gasteiger partial charge in [0, 0.05) is 19.6 Å². The highest BCUT2D eigenvalue weighted by Gasteiger charge is 2.49. The number of piperidine rings is 2. The summed E-state index contributed by atoms with van der Waals surface area (Å²) in [7, 11) is 1.69. The number of likely N-dealkylation sites (N-methyl/N-ethyl adjacent to an activating group) is 1. The van der Waals surface area contributed by atoms with E-state index in [0.717, 1.165) is 57.3 Å². The van der Waals surface area contributed by atoms with Crippen molar-refractivity contribution in [2.24, 2.45) is 5.41 Å². The highest BCUT2D eigenvalue weighted by Crippen LogP contribution is 2.48. The third-order valence-electron chi connectivity index (χ3n) is 6.48. The number of likely N-dealkylation sites (tertiary alicyclic amines) is 2. The van der Waals surface area contributed by atoms with E-state index >= 15 is 0 Å². The summed E-state index contributed by atoms with van der Waals surface area (Å²) < 4.78 is 0. The van der Waals surface area contributed by atoms with Crippen molar-refractivity contribution in [3.63, 3.8) is 0 Å². The summed E-state index contributed by atoms with van der Waals surface area (Å²) >= 11 is 0. The number of rotatable bonds is 4. The van der Waals surface area contributed by atoms with Crippen molar-refractivity contribution in [1.29, 1.82) is 0 Å². The van der Waals surface area contributed by atoms with Gasteiger partial charge in [0.25, 0.3) is 0 Å². The minimum atomic E-state index is -0.00367. The lowest BCUT2D eigenvalue weighted by molar-refractivity contribution is -0.142. The van der Waals surface area contributed by atoms with Crippen molar-refractivity contribution < 1.29 is 9.59 Å². The SMILES string of the molecule is CNC(=O)CN1CCC2(CC1)CC(c1ccccc1)C(=O)N(C1CC1)C2. The topological polar surface area (TPSA) is 52.7 Å². The number of hydrogen-bond acceptors (Lipinski definition) is 3. The van der Waals surface area contributed by atoms with Crippen LogP contribution in [0.4, 0.5) is 0 Å². The van der Waals surface area contributed by atoms with Crippen molar-refractivity contribution in [2.45, 2.75) is 44.1 Å². The van der Waals surface area contributed by atoms with Gasteiger partial charge in [-0.15, -0.1) is 0 Å². The van der Waals surface area contributed by atoms with Crippen molar-refractivity contribution in [3.8, 4) is 0 Å². The van der Waals surface area contributed by atoms with Gasteiger partial charge in [-0.25, -0.2) is 0 Å². The summed E-state index contributed by atoms with van der Waals surface area (Å²) in [4.78, 5) is 29.3. The molecule has 4 rings (SSSR count). The Labute approximate surface area is 155 Å². The van der Waals surface area contributed by atoms with Gasteiger partial charge < -0.3 is 10.2 Å². The van der Waals surface area contributed by atoms with Crippen LogP contribution in [0.5, 0.6) is 0 Å². The van der Waals surface area contributed by atoms with Gasteiger partial charge in [-0.3, -0.25) is 14.5 Å². The van der Waals surface area contributed by atoms with Crippen molar-refractivity contribution in [3.05, 3.63) is 35.9 Å². The lowest BCUT2D eigenvalue weighted by atomic mass is 9.67. The highest BCUT2D eigenvalue weighted by molar-refractivity contribution is 5.85. The summed E-state index contributed by atoms with van der Waals surface area (Å²) in [5, 5.41) is 2.71. The number of carbonyl (C=O) groups excluding carboxylic acids is 2. The Bertz CT molecular complexity index is 663. The normalized spacial score (nSPS) is 26.1. The molecule has 1 aliphatic carbocycles. The zero-order chi connectivity index (χ0) is 18.1. The molecule has 3 fully saturated rings. The Balaban J connectivity index is 1.51. The van der Waals surface area contributed by atoms with Crippen LogP contribution in [0.2, 0.25) is 0 Å². The van der Waals surface area contributed by atoms with Gasteiger partial charge in [-0.1, -0.05) is 30.3 Å². The fraction of sp³-hybridized carbons (Fsp3) is 0.619. The van der Waals surface area contributed by atoms with Gasteiger partial charge in [0.1, 0.15) is 0 Å². The Hall–Kier alpha value is -1.88. The smallest absolute Gasteiger partial charge is 0.233 e. The lowest BCUT2D eigenvalue weighted by Gasteiger charge is -2.50. The molecule has 1 aromatic rings. The first kappa shape index (κ1) is 17.5. The largest absolute Gasteiger partial charge is 0.358 e. The molecule has 1 atom stereocenters. The fourth-order valence-corrected chi connectivity index (χ4v) is 4.70. The molecule has 5 heteroatoms. The molecule has 0 radical (unpaired) electrons. The van der Waals surface area contributed by atoms with E-state index in [1.807, 2.05) is 18.2 Å². The maximum absolute atomic E-state index is 13.1. The zero-order valence-corrected chi connectivity index (χ0v) is 15.6. The van der Waals surface area contributed by atoms with E-state index < -0.39 is 0 Å². The van der Waals surface area contributed by atoms with Crippen LogP contribution in [0.15, 0.2) is 30.3 Å². The lowest BCUT2D eigenvalue weighted by Crippen LogP contribution is -2.55. The monoisotopic (exact) mass is 355 g/mol. The summed E-state index contributed by atoms with van der Waals surface area (Å²) in [6.07, 6.45) is 5.42. The molecule has 0 aromatic heterocycles. The first-order valence-electron chi connectivity index (χ1n) is 9.89. The zero-order valence-electron chi connectivity index (χ0n) is 15.6. The number of nitrogens with one attached hydrogen (secondary N) is 1. The molecule has 2 saturated heterocycles. The van der Waals surface area contributed by atoms with E-state index in [2.05, 4.69) is 27.2 Å². The maximum Gasteiger partial charge on any atom is 0.233 e. The molecule has 1 N–H and O–H groups in total. The van der Waals surface area contributed by atoms with Crippen LogP contribution in [0.1, 0.15) is 43.6 Å². The number of amides is 2. The number of hydrogen-bond donors (Lipinski definition) is 1. The quantitative estimate of drug-likeness (QED) is 0.899. The second-order valence-electron chi connectivity index (χ2n) is 8.31. The summed E-state index contributed by atoms with van der Waals surface area (Å²) in [5.41, 5.74) is 1.37. The third kappa shape index (κ3) is 3.50. The Morgan fingerprint density at radius 2 is 1.88 bits per heavy atom. The third-order valence-corrected chi connectivity index (χ3v) is 6.48. The second-order valence-corrected chi connectivity index (χ2v) is 8.31. The molecule has 0 bridgehead atoms. The first-order chi connectivity index (χ1) is 12.6. The predicted octanol–water partition coefficient (Wildman–Crippen LogP) is 1.99. The molecule has 2 aliphatic heterocycles. The van der Waals surface area contributed by atoms with Gasteiger partial charge in [-0.05, 0) is 56.2 Å². The molecular formula is C21H29N3O2. The first-order valence-corrected chi connectivity index (χ1v) is 9.89. The minimum Gasteiger partial charge on any atom is -0.358 e. The predicted molar refractivity (Wildman–Crippen MR) is 101 cm³/mol. The average Bonchev–Trinajstić information content (AvgIpc) is 3.51. The van der Waals surface area contributed by atoms with Gasteiger partial charge in [0.05, 0.1) is 12.5 Å². The van der Waals surface area contributed by atoms with E-state index in [1.165, 1.54) is 0 Å². The van der Waals surface area contributed by atoms with Crippen LogP contribution < -0.4 is 5.32 Å². The standard InChI is InChI=1S/C21H29N3O2/c1-22-19(25)14-23-11-9-21(10-12-23)13-18(16-5-3-2-4-6-16)20(26)24(15-21)17-7-8-17/h2-6,17-18H,7-15H2,1H3,(H,22,25). The highest BCUT2D eigenvalue weighted by atomic mass is 16.2. The molecule has 26 heavy (non-hydrogen) atoms. The molecule has 5 nitrogen and oxygen atoms in total. The molecule has 1 aromatic carbocycles.